The summed E-state index contributed by atoms with van der Waals surface area (Å²) in [5.41, 5.74) is 5.94. The Morgan fingerprint density at radius 3 is 2.03 bits per heavy atom. The van der Waals surface area contributed by atoms with Gasteiger partial charge in [0.2, 0.25) is 0 Å². The number of urea groups is 1. The molecule has 3 nitrogen and oxygen atoms in total. The molecule has 2 amide bonds. The summed E-state index contributed by atoms with van der Waals surface area (Å²) >= 11 is 1.84. The van der Waals surface area contributed by atoms with Gasteiger partial charge in [0.05, 0.1) is 0 Å². The number of thioether (sulfide) groups is 1. The monoisotopic (exact) mass is 410 g/mol. The van der Waals surface area contributed by atoms with Gasteiger partial charge in [-0.1, -0.05) is 84.0 Å². The van der Waals surface area contributed by atoms with Gasteiger partial charge < -0.3 is 10.2 Å². The second-order valence-corrected chi connectivity index (χ2v) is 9.98. The van der Waals surface area contributed by atoms with Crippen LogP contribution in [-0.4, -0.2) is 23.2 Å². The molecule has 0 radical (unpaired) electrons. The number of carbonyl (C=O) groups is 1. The van der Waals surface area contributed by atoms with Crippen molar-refractivity contribution in [1.82, 2.24) is 4.90 Å². The smallest absolute Gasteiger partial charge is 0.308 e. The first-order chi connectivity index (χ1) is 13.8. The molecule has 0 bridgehead atoms. The molecule has 1 heterocycles. The highest BCUT2D eigenvalue weighted by Gasteiger charge is 2.31. The van der Waals surface area contributed by atoms with E-state index in [1.54, 1.807) is 0 Å². The molecule has 4 heteroatoms. The Bertz CT molecular complexity index is 816. The normalized spacial score (nSPS) is 16.9. The number of rotatable bonds is 5. The van der Waals surface area contributed by atoms with E-state index in [1.165, 1.54) is 22.3 Å². The lowest BCUT2D eigenvalue weighted by molar-refractivity contribution is 0.214. The van der Waals surface area contributed by atoms with Crippen molar-refractivity contribution in [2.24, 2.45) is 0 Å². The number of hydrogen-bond acceptors (Lipinski definition) is 2. The second-order valence-electron chi connectivity index (χ2n) is 8.79. The number of para-hydroxylation sites is 1. The summed E-state index contributed by atoms with van der Waals surface area (Å²) in [6.45, 7) is 13.9. The fourth-order valence-corrected chi connectivity index (χ4v) is 5.13. The lowest BCUT2D eigenvalue weighted by Crippen LogP contribution is -2.35. The van der Waals surface area contributed by atoms with Gasteiger partial charge in [-0.3, -0.25) is 0 Å². The lowest BCUT2D eigenvalue weighted by Gasteiger charge is -2.27. The number of amides is 2. The Morgan fingerprint density at radius 1 is 0.931 bits per heavy atom. The van der Waals surface area contributed by atoms with Crippen LogP contribution in [0.5, 0.6) is 0 Å². The maximum Gasteiger partial charge on any atom is 0.323 e. The van der Waals surface area contributed by atoms with Crippen LogP contribution >= 0.6 is 11.8 Å². The van der Waals surface area contributed by atoms with Gasteiger partial charge in [-0.05, 0) is 40.0 Å². The minimum Gasteiger partial charge on any atom is -0.308 e. The summed E-state index contributed by atoms with van der Waals surface area (Å²) in [7, 11) is 0. The van der Waals surface area contributed by atoms with Gasteiger partial charge >= 0.3 is 6.03 Å². The maximum absolute atomic E-state index is 13.3. The molecular formula is C25H34N2OS. The van der Waals surface area contributed by atoms with Gasteiger partial charge in [-0.15, -0.1) is 11.8 Å². The van der Waals surface area contributed by atoms with Crippen LogP contribution in [0.25, 0.3) is 0 Å². The van der Waals surface area contributed by atoms with Crippen molar-refractivity contribution in [3.05, 3.63) is 64.7 Å². The third kappa shape index (κ3) is 4.80. The minimum absolute atomic E-state index is 0.00272. The standard InChI is InChI=1S/C25H34N2OS/c1-16(2)19-10-12-20(13-11-19)24-27(14-15-29-24)25(28)26-23-21(17(3)4)8-7-9-22(23)18(5)6/h7-13,16-18,24H,14-15H2,1-6H3,(H,26,28)/t24-/m0/s1. The van der Waals surface area contributed by atoms with E-state index in [9.17, 15) is 4.79 Å². The van der Waals surface area contributed by atoms with Crippen molar-refractivity contribution in [2.45, 2.75) is 64.7 Å². The highest BCUT2D eigenvalue weighted by molar-refractivity contribution is 7.99. The van der Waals surface area contributed by atoms with E-state index in [-0.39, 0.29) is 11.4 Å². The fourth-order valence-electron chi connectivity index (χ4n) is 3.87. The van der Waals surface area contributed by atoms with Crippen molar-refractivity contribution in [1.29, 1.82) is 0 Å². The Hall–Kier alpha value is -1.94. The summed E-state index contributed by atoms with van der Waals surface area (Å²) in [6.07, 6.45) is 0. The van der Waals surface area contributed by atoms with Crippen LogP contribution < -0.4 is 5.32 Å². The van der Waals surface area contributed by atoms with Crippen LogP contribution in [0.2, 0.25) is 0 Å². The van der Waals surface area contributed by atoms with Crippen LogP contribution in [-0.2, 0) is 0 Å². The largest absolute Gasteiger partial charge is 0.323 e. The molecule has 2 aromatic carbocycles. The molecule has 1 N–H and O–H groups in total. The molecule has 1 fully saturated rings. The SMILES string of the molecule is CC(C)c1ccc([C@@H]2SCCN2C(=O)Nc2c(C(C)C)cccc2C(C)C)cc1. The number of hydrogen-bond donors (Lipinski definition) is 1. The molecule has 1 atom stereocenters. The molecule has 3 rings (SSSR count). The van der Waals surface area contributed by atoms with E-state index in [0.29, 0.717) is 17.8 Å². The second kappa shape index (κ2) is 9.25. The molecule has 0 aliphatic carbocycles. The zero-order valence-electron chi connectivity index (χ0n) is 18.5. The van der Waals surface area contributed by atoms with Gasteiger partial charge in [-0.25, -0.2) is 4.79 Å². The molecular weight excluding hydrogens is 376 g/mol. The minimum atomic E-state index is 0.00272. The van der Waals surface area contributed by atoms with Crippen LogP contribution in [0.3, 0.4) is 0 Å². The average Bonchev–Trinajstić information content (AvgIpc) is 3.17. The van der Waals surface area contributed by atoms with Gasteiger partial charge in [0.1, 0.15) is 5.37 Å². The van der Waals surface area contributed by atoms with Gasteiger partial charge in [0.25, 0.3) is 0 Å². The van der Waals surface area contributed by atoms with Crippen molar-refractivity contribution in [3.63, 3.8) is 0 Å². The zero-order chi connectivity index (χ0) is 21.1. The number of nitrogens with one attached hydrogen (secondary N) is 1. The van der Waals surface area contributed by atoms with Crippen LogP contribution in [0.1, 0.15) is 86.9 Å². The van der Waals surface area contributed by atoms with Crippen molar-refractivity contribution >= 4 is 23.5 Å². The van der Waals surface area contributed by atoms with Crippen molar-refractivity contribution in [3.8, 4) is 0 Å². The van der Waals surface area contributed by atoms with Crippen LogP contribution in [0, 0.1) is 0 Å². The number of benzene rings is 2. The first-order valence-corrected chi connectivity index (χ1v) is 11.8. The maximum atomic E-state index is 13.3. The first kappa shape index (κ1) is 21.8. The highest BCUT2D eigenvalue weighted by Crippen LogP contribution is 2.39. The molecule has 0 aromatic heterocycles. The number of anilines is 1. The Labute approximate surface area is 180 Å². The molecule has 1 aliphatic heterocycles. The summed E-state index contributed by atoms with van der Waals surface area (Å²) in [5, 5.41) is 3.36. The van der Waals surface area contributed by atoms with Crippen molar-refractivity contribution < 1.29 is 4.79 Å². The molecule has 0 spiro atoms. The number of nitrogens with zero attached hydrogens (tertiary/aromatic N) is 1. The zero-order valence-corrected chi connectivity index (χ0v) is 19.3. The van der Waals surface area contributed by atoms with Gasteiger partial charge in [0.15, 0.2) is 0 Å². The summed E-state index contributed by atoms with van der Waals surface area (Å²) in [5.74, 6) is 2.20. The molecule has 0 unspecified atom stereocenters. The average molecular weight is 411 g/mol. The molecule has 1 aliphatic rings. The topological polar surface area (TPSA) is 32.3 Å². The van der Waals surface area contributed by atoms with E-state index in [0.717, 1.165) is 18.0 Å². The molecule has 29 heavy (non-hydrogen) atoms. The quantitative estimate of drug-likeness (QED) is 0.559. The highest BCUT2D eigenvalue weighted by atomic mass is 32.2. The summed E-state index contributed by atoms with van der Waals surface area (Å²) in [6, 6.07) is 15.1. The lowest BCUT2D eigenvalue weighted by atomic mass is 9.93. The molecule has 156 valence electrons. The Morgan fingerprint density at radius 2 is 1.52 bits per heavy atom. The van der Waals surface area contributed by atoms with E-state index >= 15 is 0 Å². The summed E-state index contributed by atoms with van der Waals surface area (Å²) < 4.78 is 0. The number of carbonyl (C=O) groups excluding carboxylic acids is 1. The van der Waals surface area contributed by atoms with Gasteiger partial charge in [0, 0.05) is 18.0 Å². The first-order valence-electron chi connectivity index (χ1n) is 10.7. The third-order valence-corrected chi connectivity index (χ3v) is 6.91. The predicted molar refractivity (Wildman–Crippen MR) is 126 cm³/mol. The Balaban J connectivity index is 1.85. The molecule has 0 saturated carbocycles. The molecule has 1 saturated heterocycles. The molecule has 2 aromatic rings. The van der Waals surface area contributed by atoms with E-state index in [1.807, 2.05) is 16.7 Å². The van der Waals surface area contributed by atoms with Crippen LogP contribution in [0.4, 0.5) is 10.5 Å². The third-order valence-electron chi connectivity index (χ3n) is 5.65. The van der Waals surface area contributed by atoms with E-state index < -0.39 is 0 Å². The van der Waals surface area contributed by atoms with Crippen molar-refractivity contribution in [2.75, 3.05) is 17.6 Å². The summed E-state index contributed by atoms with van der Waals surface area (Å²) in [4.78, 5) is 15.3. The predicted octanol–water partition coefficient (Wildman–Crippen LogP) is 7.34. The van der Waals surface area contributed by atoms with E-state index in [2.05, 4.69) is 89.3 Å². The Kier molecular flexibility index (Phi) is 6.94. The van der Waals surface area contributed by atoms with Gasteiger partial charge in [-0.2, -0.15) is 0 Å². The fraction of sp³-hybridized carbons (Fsp3) is 0.480. The van der Waals surface area contributed by atoms with Crippen LogP contribution in [0.15, 0.2) is 42.5 Å². The van der Waals surface area contributed by atoms with E-state index in [4.69, 9.17) is 0 Å².